The van der Waals surface area contributed by atoms with Crippen molar-refractivity contribution in [3.63, 3.8) is 0 Å². The van der Waals surface area contributed by atoms with Crippen molar-refractivity contribution in [3.8, 4) is 5.75 Å². The number of rotatable bonds is 7. The van der Waals surface area contributed by atoms with E-state index in [1.807, 2.05) is 31.2 Å². The summed E-state index contributed by atoms with van der Waals surface area (Å²) in [5.41, 5.74) is 1.24. The predicted octanol–water partition coefficient (Wildman–Crippen LogP) is 3.20. The summed E-state index contributed by atoms with van der Waals surface area (Å²) in [6, 6.07) is 12.0. The zero-order valence-electron chi connectivity index (χ0n) is 13.5. The molecule has 0 unspecified atom stereocenters. The fourth-order valence-electron chi connectivity index (χ4n) is 2.09. The van der Waals surface area contributed by atoms with Crippen LogP contribution in [0.1, 0.15) is 18.2 Å². The van der Waals surface area contributed by atoms with E-state index in [1.54, 1.807) is 13.3 Å². The standard InChI is InChI=1S/C17H23N3O2.HI/c1-3-21-15-7-4-6-14(12-15)9-10-19-17(18-2)20-13-16-8-5-11-22-16;/h4-8,11-12H,3,9-10,13H2,1-2H3,(H2,18,19,20);1H. The van der Waals surface area contributed by atoms with E-state index >= 15 is 0 Å². The van der Waals surface area contributed by atoms with E-state index in [2.05, 4.69) is 27.8 Å². The first kappa shape index (κ1) is 19.3. The maximum atomic E-state index is 5.51. The van der Waals surface area contributed by atoms with Crippen LogP contribution >= 0.6 is 24.0 Å². The Balaban J connectivity index is 0.00000264. The van der Waals surface area contributed by atoms with Crippen molar-refractivity contribution in [1.29, 1.82) is 0 Å². The number of hydrogen-bond donors (Lipinski definition) is 2. The van der Waals surface area contributed by atoms with Crippen molar-refractivity contribution < 1.29 is 9.15 Å². The molecule has 0 amide bonds. The van der Waals surface area contributed by atoms with E-state index in [0.717, 1.165) is 30.4 Å². The molecule has 0 aliphatic rings. The molecule has 0 saturated carbocycles. The highest BCUT2D eigenvalue weighted by Gasteiger charge is 2.01. The van der Waals surface area contributed by atoms with Gasteiger partial charge in [0.1, 0.15) is 11.5 Å². The topological polar surface area (TPSA) is 58.8 Å². The molecule has 0 bridgehead atoms. The SMILES string of the molecule is CCOc1cccc(CCNC(=NC)NCc2ccco2)c1.I. The smallest absolute Gasteiger partial charge is 0.191 e. The molecule has 0 radical (unpaired) electrons. The highest BCUT2D eigenvalue weighted by Crippen LogP contribution is 2.13. The van der Waals surface area contributed by atoms with Crippen molar-refractivity contribution in [2.75, 3.05) is 20.2 Å². The fourth-order valence-corrected chi connectivity index (χ4v) is 2.09. The third-order valence-corrected chi connectivity index (χ3v) is 3.15. The van der Waals surface area contributed by atoms with Gasteiger partial charge in [0.2, 0.25) is 0 Å². The van der Waals surface area contributed by atoms with Gasteiger partial charge in [0.15, 0.2) is 5.96 Å². The monoisotopic (exact) mass is 429 g/mol. The molecule has 23 heavy (non-hydrogen) atoms. The van der Waals surface area contributed by atoms with Crippen LogP contribution in [-0.4, -0.2) is 26.2 Å². The summed E-state index contributed by atoms with van der Waals surface area (Å²) in [5, 5.41) is 6.50. The predicted molar refractivity (Wildman–Crippen MR) is 104 cm³/mol. The van der Waals surface area contributed by atoms with Gasteiger partial charge in [-0.3, -0.25) is 4.99 Å². The number of halogens is 1. The minimum Gasteiger partial charge on any atom is -0.494 e. The van der Waals surface area contributed by atoms with Gasteiger partial charge in [-0.15, -0.1) is 24.0 Å². The van der Waals surface area contributed by atoms with Gasteiger partial charge in [-0.25, -0.2) is 0 Å². The van der Waals surface area contributed by atoms with Crippen LogP contribution in [0.25, 0.3) is 0 Å². The lowest BCUT2D eigenvalue weighted by atomic mass is 10.1. The Morgan fingerprint density at radius 1 is 1.22 bits per heavy atom. The third kappa shape index (κ3) is 6.94. The number of benzene rings is 1. The Morgan fingerprint density at radius 2 is 2.09 bits per heavy atom. The molecule has 0 aliphatic heterocycles. The summed E-state index contributed by atoms with van der Waals surface area (Å²) >= 11 is 0. The molecule has 126 valence electrons. The molecule has 0 spiro atoms. The number of guanidine groups is 1. The Morgan fingerprint density at radius 3 is 2.78 bits per heavy atom. The van der Waals surface area contributed by atoms with Crippen molar-refractivity contribution in [3.05, 3.63) is 54.0 Å². The van der Waals surface area contributed by atoms with Crippen LogP contribution in [0.5, 0.6) is 5.75 Å². The molecule has 1 aromatic carbocycles. The maximum Gasteiger partial charge on any atom is 0.191 e. The number of ether oxygens (including phenoxy) is 1. The lowest BCUT2D eigenvalue weighted by Gasteiger charge is -2.11. The highest BCUT2D eigenvalue weighted by atomic mass is 127. The molecule has 0 saturated heterocycles. The minimum atomic E-state index is 0. The molecule has 1 heterocycles. The van der Waals surface area contributed by atoms with Gasteiger partial charge in [0, 0.05) is 13.6 Å². The lowest BCUT2D eigenvalue weighted by molar-refractivity contribution is 0.340. The van der Waals surface area contributed by atoms with Crippen LogP contribution in [0.3, 0.4) is 0 Å². The van der Waals surface area contributed by atoms with Crippen LogP contribution in [0.15, 0.2) is 52.1 Å². The van der Waals surface area contributed by atoms with Gasteiger partial charge in [0.05, 0.1) is 19.4 Å². The van der Waals surface area contributed by atoms with Gasteiger partial charge < -0.3 is 19.8 Å². The van der Waals surface area contributed by atoms with Crippen LogP contribution in [0.4, 0.5) is 0 Å². The number of nitrogens with zero attached hydrogens (tertiary/aromatic N) is 1. The number of hydrogen-bond acceptors (Lipinski definition) is 3. The summed E-state index contributed by atoms with van der Waals surface area (Å²) in [5.74, 6) is 2.56. The first-order valence-corrected chi connectivity index (χ1v) is 7.50. The molecule has 0 atom stereocenters. The average Bonchev–Trinajstić information content (AvgIpc) is 3.05. The Bertz CT molecular complexity index is 585. The van der Waals surface area contributed by atoms with Crippen LogP contribution in [-0.2, 0) is 13.0 Å². The van der Waals surface area contributed by atoms with Gasteiger partial charge in [0.25, 0.3) is 0 Å². The summed E-state index contributed by atoms with van der Waals surface area (Å²) in [4.78, 5) is 4.19. The largest absolute Gasteiger partial charge is 0.494 e. The third-order valence-electron chi connectivity index (χ3n) is 3.15. The van der Waals surface area contributed by atoms with Crippen molar-refractivity contribution in [2.24, 2.45) is 4.99 Å². The van der Waals surface area contributed by atoms with Crippen molar-refractivity contribution in [2.45, 2.75) is 19.9 Å². The van der Waals surface area contributed by atoms with Crippen molar-refractivity contribution in [1.82, 2.24) is 10.6 Å². The molecule has 5 nitrogen and oxygen atoms in total. The Hall–Kier alpha value is -1.70. The van der Waals surface area contributed by atoms with Crippen LogP contribution in [0, 0.1) is 0 Å². The van der Waals surface area contributed by atoms with E-state index in [9.17, 15) is 0 Å². The van der Waals surface area contributed by atoms with Gasteiger partial charge in [-0.2, -0.15) is 0 Å². The molecular weight excluding hydrogens is 405 g/mol. The number of nitrogens with one attached hydrogen (secondary N) is 2. The van der Waals surface area contributed by atoms with Crippen LogP contribution < -0.4 is 15.4 Å². The summed E-state index contributed by atoms with van der Waals surface area (Å²) in [6.45, 7) is 4.09. The second-order valence-electron chi connectivity index (χ2n) is 4.76. The van der Waals surface area contributed by atoms with Crippen molar-refractivity contribution >= 4 is 29.9 Å². The Kier molecular flexibility index (Phi) is 9.20. The van der Waals surface area contributed by atoms with E-state index in [-0.39, 0.29) is 24.0 Å². The molecule has 6 heteroatoms. The second kappa shape index (κ2) is 10.9. The minimum absolute atomic E-state index is 0. The average molecular weight is 429 g/mol. The summed E-state index contributed by atoms with van der Waals surface area (Å²) < 4.78 is 10.8. The first-order chi connectivity index (χ1) is 10.8. The highest BCUT2D eigenvalue weighted by molar-refractivity contribution is 14.0. The Labute approximate surface area is 154 Å². The molecule has 0 fully saturated rings. The lowest BCUT2D eigenvalue weighted by Crippen LogP contribution is -2.37. The van der Waals surface area contributed by atoms with Crippen LogP contribution in [0.2, 0.25) is 0 Å². The molecule has 0 aliphatic carbocycles. The zero-order valence-corrected chi connectivity index (χ0v) is 15.9. The second-order valence-corrected chi connectivity index (χ2v) is 4.76. The van der Waals surface area contributed by atoms with Gasteiger partial charge >= 0.3 is 0 Å². The first-order valence-electron chi connectivity index (χ1n) is 7.50. The van der Waals surface area contributed by atoms with E-state index in [0.29, 0.717) is 13.2 Å². The molecule has 1 aromatic heterocycles. The van der Waals surface area contributed by atoms with E-state index in [4.69, 9.17) is 9.15 Å². The van der Waals surface area contributed by atoms with Gasteiger partial charge in [-0.05, 0) is 43.2 Å². The van der Waals surface area contributed by atoms with E-state index < -0.39 is 0 Å². The fraction of sp³-hybridized carbons (Fsp3) is 0.353. The quantitative estimate of drug-likeness (QED) is 0.403. The summed E-state index contributed by atoms with van der Waals surface area (Å²) in [7, 11) is 1.76. The van der Waals surface area contributed by atoms with Gasteiger partial charge in [-0.1, -0.05) is 12.1 Å². The molecule has 2 N–H and O–H groups in total. The zero-order chi connectivity index (χ0) is 15.6. The molecule has 2 rings (SSSR count). The normalized spacial score (nSPS) is 10.8. The molecule has 2 aromatic rings. The summed E-state index contributed by atoms with van der Waals surface area (Å²) in [6.07, 6.45) is 2.57. The molecular formula is C17H24IN3O2. The number of furan rings is 1. The van der Waals surface area contributed by atoms with E-state index in [1.165, 1.54) is 5.56 Å². The number of aliphatic imine (C=N–C) groups is 1. The maximum absolute atomic E-state index is 5.51.